The number of nitrogens with zero attached hydrogens (tertiary/aromatic N) is 1. The minimum atomic E-state index is -0.514. The molecule has 6 heteroatoms. The maximum atomic E-state index is 13.9. The molecule has 2 aliphatic heterocycles. The van der Waals surface area contributed by atoms with Crippen molar-refractivity contribution in [3.8, 4) is 5.75 Å². The highest BCUT2D eigenvalue weighted by atomic mass is 16.5. The first kappa shape index (κ1) is 23.0. The summed E-state index contributed by atoms with van der Waals surface area (Å²) in [5, 5.41) is 6.73. The summed E-state index contributed by atoms with van der Waals surface area (Å²) in [4.78, 5) is 28.5. The van der Waals surface area contributed by atoms with Crippen LogP contribution in [0.5, 0.6) is 5.75 Å². The van der Waals surface area contributed by atoms with Gasteiger partial charge in [-0.3, -0.25) is 9.59 Å². The van der Waals surface area contributed by atoms with Crippen LogP contribution >= 0.6 is 0 Å². The number of ether oxygens (including phenoxy) is 1. The highest BCUT2D eigenvalue weighted by Crippen LogP contribution is 2.44. The van der Waals surface area contributed by atoms with E-state index in [0.29, 0.717) is 25.1 Å². The number of carbonyl (C=O) groups excluding carboxylic acids is 2. The van der Waals surface area contributed by atoms with E-state index in [2.05, 4.69) is 16.7 Å². The molecular formula is C29H31N3O3. The normalized spacial score (nSPS) is 21.9. The zero-order chi connectivity index (χ0) is 24.3. The van der Waals surface area contributed by atoms with Crippen LogP contribution in [-0.4, -0.2) is 42.5 Å². The third-order valence-electron chi connectivity index (χ3n) is 7.22. The lowest BCUT2D eigenvalue weighted by atomic mass is 9.78. The molecule has 0 saturated carbocycles. The largest absolute Gasteiger partial charge is 0.496 e. The van der Waals surface area contributed by atoms with Gasteiger partial charge in [-0.05, 0) is 43.2 Å². The number of methoxy groups -OCH3 is 1. The fraction of sp³-hybridized carbons (Fsp3) is 0.310. The fourth-order valence-electron chi connectivity index (χ4n) is 5.55. The molecule has 3 aromatic rings. The molecule has 2 aliphatic rings. The standard InChI is InChI=1S/C29H31N3O3/c1-35-26-16-8-6-13-22(26)24-19-32(20-29(24)18-10-9-17-27(33)31-29)28(34)23-14-5-7-15-25(23)30-21-11-3-2-4-12-21/h2-8,11-16,24,30H,9-10,17-20H2,1H3,(H,31,33)/t24-,29+/m0/s1. The lowest BCUT2D eigenvalue weighted by molar-refractivity contribution is -0.122. The Labute approximate surface area is 206 Å². The van der Waals surface area contributed by atoms with Crippen molar-refractivity contribution in [1.82, 2.24) is 10.2 Å². The summed E-state index contributed by atoms with van der Waals surface area (Å²) in [5.41, 5.74) is 2.83. The van der Waals surface area contributed by atoms with E-state index in [1.165, 1.54) is 0 Å². The average molecular weight is 470 g/mol. The van der Waals surface area contributed by atoms with Gasteiger partial charge in [0.2, 0.25) is 5.91 Å². The quantitative estimate of drug-likeness (QED) is 0.545. The number of anilines is 2. The number of carbonyl (C=O) groups is 2. The Morgan fingerprint density at radius 3 is 2.57 bits per heavy atom. The van der Waals surface area contributed by atoms with Crippen molar-refractivity contribution in [1.29, 1.82) is 0 Å². The highest BCUT2D eigenvalue weighted by molar-refractivity contribution is 6.00. The van der Waals surface area contributed by atoms with Crippen molar-refractivity contribution < 1.29 is 14.3 Å². The molecule has 0 aliphatic carbocycles. The summed E-state index contributed by atoms with van der Waals surface area (Å²) in [6.45, 7) is 0.985. The number of hydrogen-bond donors (Lipinski definition) is 2. The number of rotatable bonds is 5. The van der Waals surface area contributed by atoms with Gasteiger partial charge in [-0.1, -0.05) is 55.0 Å². The Balaban J connectivity index is 1.50. The molecule has 1 spiro atoms. The molecule has 2 amide bonds. The second-order valence-corrected chi connectivity index (χ2v) is 9.43. The SMILES string of the molecule is COc1ccccc1[C@@H]1CN(C(=O)c2ccccc2Nc2ccccc2)C[C@]12CCCCC(=O)N2. The van der Waals surface area contributed by atoms with Gasteiger partial charge in [0.05, 0.1) is 23.9 Å². The van der Waals surface area contributed by atoms with Gasteiger partial charge in [-0.2, -0.15) is 0 Å². The number of hydrogen-bond acceptors (Lipinski definition) is 4. The summed E-state index contributed by atoms with van der Waals surface area (Å²) in [6.07, 6.45) is 3.16. The van der Waals surface area contributed by atoms with Gasteiger partial charge in [0.15, 0.2) is 0 Å². The number of nitrogens with one attached hydrogen (secondary N) is 2. The molecule has 180 valence electrons. The maximum absolute atomic E-state index is 13.9. The molecule has 2 N–H and O–H groups in total. The molecule has 2 fully saturated rings. The first-order valence-corrected chi connectivity index (χ1v) is 12.2. The van der Waals surface area contributed by atoms with E-state index in [4.69, 9.17) is 4.74 Å². The lowest BCUT2D eigenvalue weighted by Crippen LogP contribution is -2.52. The molecule has 35 heavy (non-hydrogen) atoms. The Morgan fingerprint density at radius 1 is 1.00 bits per heavy atom. The zero-order valence-corrected chi connectivity index (χ0v) is 20.0. The highest BCUT2D eigenvalue weighted by Gasteiger charge is 2.50. The molecule has 2 saturated heterocycles. The van der Waals surface area contributed by atoms with Crippen LogP contribution in [0.15, 0.2) is 78.9 Å². The number of para-hydroxylation sites is 3. The van der Waals surface area contributed by atoms with E-state index >= 15 is 0 Å². The van der Waals surface area contributed by atoms with E-state index in [1.54, 1.807) is 7.11 Å². The Hall–Kier alpha value is -3.80. The summed E-state index contributed by atoms with van der Waals surface area (Å²) in [5.74, 6) is 0.747. The number of likely N-dealkylation sites (tertiary alicyclic amines) is 1. The van der Waals surface area contributed by atoms with Crippen molar-refractivity contribution in [2.45, 2.75) is 37.1 Å². The Morgan fingerprint density at radius 2 is 1.74 bits per heavy atom. The van der Waals surface area contributed by atoms with E-state index in [-0.39, 0.29) is 17.7 Å². The second kappa shape index (κ2) is 9.82. The molecular weight excluding hydrogens is 438 g/mol. The summed E-state index contributed by atoms with van der Waals surface area (Å²) in [6, 6.07) is 25.4. The molecule has 3 aromatic carbocycles. The van der Waals surface area contributed by atoms with Crippen LogP contribution in [0, 0.1) is 0 Å². The monoisotopic (exact) mass is 469 g/mol. The number of amides is 2. The van der Waals surface area contributed by atoms with E-state index in [9.17, 15) is 9.59 Å². The van der Waals surface area contributed by atoms with Gasteiger partial charge in [0, 0.05) is 36.7 Å². The van der Waals surface area contributed by atoms with Crippen LogP contribution in [0.4, 0.5) is 11.4 Å². The molecule has 0 unspecified atom stereocenters. The second-order valence-electron chi connectivity index (χ2n) is 9.43. The van der Waals surface area contributed by atoms with Crippen molar-refractivity contribution in [2.24, 2.45) is 0 Å². The average Bonchev–Trinajstić information content (AvgIpc) is 3.14. The molecule has 2 atom stereocenters. The molecule has 0 aromatic heterocycles. The maximum Gasteiger partial charge on any atom is 0.256 e. The van der Waals surface area contributed by atoms with Crippen LogP contribution in [0.1, 0.15) is 47.5 Å². The molecule has 0 radical (unpaired) electrons. The minimum absolute atomic E-state index is 0.0423. The van der Waals surface area contributed by atoms with Gasteiger partial charge >= 0.3 is 0 Å². The van der Waals surface area contributed by atoms with Crippen molar-refractivity contribution in [2.75, 3.05) is 25.5 Å². The van der Waals surface area contributed by atoms with Gasteiger partial charge < -0.3 is 20.3 Å². The molecule has 5 rings (SSSR count). The van der Waals surface area contributed by atoms with Crippen LogP contribution in [-0.2, 0) is 4.79 Å². The Kier molecular flexibility index (Phi) is 6.45. The molecule has 0 bridgehead atoms. The van der Waals surface area contributed by atoms with Crippen molar-refractivity contribution in [3.63, 3.8) is 0 Å². The van der Waals surface area contributed by atoms with Crippen molar-refractivity contribution >= 4 is 23.2 Å². The van der Waals surface area contributed by atoms with Gasteiger partial charge in [-0.25, -0.2) is 0 Å². The van der Waals surface area contributed by atoms with E-state index in [1.807, 2.05) is 77.7 Å². The van der Waals surface area contributed by atoms with Gasteiger partial charge in [0.25, 0.3) is 5.91 Å². The smallest absolute Gasteiger partial charge is 0.256 e. The summed E-state index contributed by atoms with van der Waals surface area (Å²) in [7, 11) is 1.67. The third-order valence-corrected chi connectivity index (χ3v) is 7.22. The van der Waals surface area contributed by atoms with Crippen LogP contribution in [0.25, 0.3) is 0 Å². The van der Waals surface area contributed by atoms with Crippen LogP contribution in [0.2, 0.25) is 0 Å². The van der Waals surface area contributed by atoms with Gasteiger partial charge in [-0.15, -0.1) is 0 Å². The zero-order valence-electron chi connectivity index (χ0n) is 20.0. The Bertz CT molecular complexity index is 1210. The first-order valence-electron chi connectivity index (χ1n) is 12.2. The summed E-state index contributed by atoms with van der Waals surface area (Å²) >= 11 is 0. The van der Waals surface area contributed by atoms with Crippen molar-refractivity contribution in [3.05, 3.63) is 90.0 Å². The van der Waals surface area contributed by atoms with Gasteiger partial charge in [0.1, 0.15) is 5.75 Å². The topological polar surface area (TPSA) is 70.7 Å². The predicted molar refractivity (Wildman–Crippen MR) is 137 cm³/mol. The van der Waals surface area contributed by atoms with E-state index in [0.717, 1.165) is 42.0 Å². The third kappa shape index (κ3) is 4.61. The minimum Gasteiger partial charge on any atom is -0.496 e. The molecule has 2 heterocycles. The predicted octanol–water partition coefficient (Wildman–Crippen LogP) is 5.11. The van der Waals surface area contributed by atoms with E-state index < -0.39 is 5.54 Å². The number of benzene rings is 3. The molecule has 6 nitrogen and oxygen atoms in total. The first-order chi connectivity index (χ1) is 17.1. The van der Waals surface area contributed by atoms with Crippen LogP contribution in [0.3, 0.4) is 0 Å². The fourth-order valence-corrected chi connectivity index (χ4v) is 5.55. The van der Waals surface area contributed by atoms with Crippen LogP contribution < -0.4 is 15.4 Å². The lowest BCUT2D eigenvalue weighted by Gasteiger charge is -2.35. The summed E-state index contributed by atoms with van der Waals surface area (Å²) < 4.78 is 5.69.